The zero-order chi connectivity index (χ0) is 19.2. The quantitative estimate of drug-likeness (QED) is 0.851. The highest BCUT2D eigenvalue weighted by atomic mass is 16.5. The first kappa shape index (κ1) is 17.5. The molecule has 0 saturated carbocycles. The molecule has 0 radical (unpaired) electrons. The van der Waals surface area contributed by atoms with Gasteiger partial charge in [-0.2, -0.15) is 0 Å². The second kappa shape index (κ2) is 6.04. The number of rotatable bonds is 2. The van der Waals surface area contributed by atoms with Gasteiger partial charge in [0.1, 0.15) is 17.8 Å². The number of amides is 1. The third-order valence-electron chi connectivity index (χ3n) is 5.11. The number of anilines is 1. The van der Waals surface area contributed by atoms with Crippen LogP contribution in [0.2, 0.25) is 0 Å². The fourth-order valence-electron chi connectivity index (χ4n) is 4.11. The number of nitrogens with two attached hydrogens (primary N) is 1. The second-order valence-electron chi connectivity index (χ2n) is 8.16. The number of aliphatic imine (C=N–C) groups is 1. The van der Waals surface area contributed by atoms with Gasteiger partial charge in [0.15, 0.2) is 0 Å². The minimum atomic E-state index is -0.494. The van der Waals surface area contributed by atoms with E-state index >= 15 is 0 Å². The maximum Gasteiger partial charge on any atom is 0.283 e. The lowest BCUT2D eigenvalue weighted by molar-refractivity contribution is 0.102. The van der Waals surface area contributed by atoms with Crippen LogP contribution in [-0.4, -0.2) is 28.5 Å². The molecule has 1 aromatic heterocycles. The first-order valence-corrected chi connectivity index (χ1v) is 8.98. The van der Waals surface area contributed by atoms with Crippen LogP contribution in [0.4, 0.5) is 5.69 Å². The van der Waals surface area contributed by atoms with Gasteiger partial charge in [-0.05, 0) is 48.4 Å². The third kappa shape index (κ3) is 3.25. The van der Waals surface area contributed by atoms with E-state index in [1.54, 1.807) is 6.20 Å². The van der Waals surface area contributed by atoms with Gasteiger partial charge in [0.05, 0.1) is 11.9 Å². The van der Waals surface area contributed by atoms with Crippen LogP contribution in [0.1, 0.15) is 47.6 Å². The molecule has 2 heterocycles. The average molecular weight is 365 g/mol. The largest absolute Gasteiger partial charge is 0.462 e. The van der Waals surface area contributed by atoms with Crippen LogP contribution in [0, 0.1) is 12.3 Å². The zero-order valence-electron chi connectivity index (χ0n) is 15.7. The number of ether oxygens (including phenoxy) is 1. The van der Waals surface area contributed by atoms with Crippen molar-refractivity contribution in [2.24, 2.45) is 16.1 Å². The summed E-state index contributed by atoms with van der Waals surface area (Å²) in [7, 11) is 0. The van der Waals surface area contributed by atoms with Crippen molar-refractivity contribution in [1.29, 1.82) is 0 Å². The summed E-state index contributed by atoms with van der Waals surface area (Å²) in [6.45, 7) is 6.71. The minimum absolute atomic E-state index is 0.0900. The molecule has 2 aromatic rings. The van der Waals surface area contributed by atoms with Crippen LogP contribution in [-0.2, 0) is 16.7 Å². The van der Waals surface area contributed by atoms with Crippen LogP contribution < -0.4 is 11.1 Å². The molecule has 1 atom stereocenters. The molecule has 140 valence electrons. The van der Waals surface area contributed by atoms with E-state index in [1.165, 1.54) is 11.8 Å². The van der Waals surface area contributed by atoms with Gasteiger partial charge >= 0.3 is 0 Å². The monoisotopic (exact) mass is 365 g/mol. The minimum Gasteiger partial charge on any atom is -0.462 e. The van der Waals surface area contributed by atoms with Gasteiger partial charge in [-0.1, -0.05) is 19.9 Å². The standard InChI is InChI=1S/C20H23N5O2/c1-12-8-23-16(9-22-12)17(26)24-14-5-4-13-7-19(2,3)10-20(15(13)6-14)11-27-18(21)25-20/h4-6,8-9H,7,10-11H2,1-3H3,(H2,21,25)(H,24,26). The Labute approximate surface area is 158 Å². The van der Waals surface area contributed by atoms with Gasteiger partial charge in [-0.3, -0.25) is 9.78 Å². The summed E-state index contributed by atoms with van der Waals surface area (Å²) in [6.07, 6.45) is 4.83. The summed E-state index contributed by atoms with van der Waals surface area (Å²) in [5.74, 6) is -0.293. The molecular weight excluding hydrogens is 342 g/mol. The molecule has 1 aliphatic carbocycles. The number of amidine groups is 1. The van der Waals surface area contributed by atoms with E-state index in [4.69, 9.17) is 10.5 Å². The number of benzene rings is 1. The van der Waals surface area contributed by atoms with Crippen LogP contribution >= 0.6 is 0 Å². The number of nitrogens with zero attached hydrogens (tertiary/aromatic N) is 3. The van der Waals surface area contributed by atoms with Crippen molar-refractivity contribution >= 4 is 17.6 Å². The Morgan fingerprint density at radius 1 is 1.26 bits per heavy atom. The number of nitrogens with one attached hydrogen (secondary N) is 1. The molecule has 4 rings (SSSR count). The summed E-state index contributed by atoms with van der Waals surface area (Å²) in [5, 5.41) is 2.90. The number of hydrogen-bond donors (Lipinski definition) is 2. The van der Waals surface area contributed by atoms with Gasteiger partial charge in [0.2, 0.25) is 0 Å². The van der Waals surface area contributed by atoms with Gasteiger partial charge in [-0.15, -0.1) is 0 Å². The molecule has 1 unspecified atom stereocenters. The average Bonchev–Trinajstić information content (AvgIpc) is 2.96. The lowest BCUT2D eigenvalue weighted by atomic mass is 9.65. The number of carbonyl (C=O) groups is 1. The van der Waals surface area contributed by atoms with E-state index in [2.05, 4.69) is 40.2 Å². The van der Waals surface area contributed by atoms with Crippen LogP contribution in [0.15, 0.2) is 35.6 Å². The van der Waals surface area contributed by atoms with Crippen molar-refractivity contribution in [2.45, 2.75) is 39.2 Å². The molecule has 1 amide bonds. The van der Waals surface area contributed by atoms with Crippen LogP contribution in [0.3, 0.4) is 0 Å². The van der Waals surface area contributed by atoms with Crippen LogP contribution in [0.25, 0.3) is 0 Å². The van der Waals surface area contributed by atoms with Gasteiger partial charge in [0, 0.05) is 11.9 Å². The Morgan fingerprint density at radius 2 is 2.07 bits per heavy atom. The molecule has 3 N–H and O–H groups in total. The van der Waals surface area contributed by atoms with Crippen molar-refractivity contribution in [3.63, 3.8) is 0 Å². The topological polar surface area (TPSA) is 102 Å². The van der Waals surface area contributed by atoms with Crippen molar-refractivity contribution in [3.8, 4) is 0 Å². The molecular formula is C20H23N5O2. The molecule has 1 spiro atoms. The SMILES string of the molecule is Cc1cnc(C(=O)Nc2ccc3c(c2)C2(COC(N)=N2)CC(C)(C)C3)cn1. The van der Waals surface area contributed by atoms with E-state index in [9.17, 15) is 4.79 Å². The summed E-state index contributed by atoms with van der Waals surface area (Å²) in [5.41, 5.74) is 9.44. The zero-order valence-corrected chi connectivity index (χ0v) is 15.7. The molecule has 2 aliphatic rings. The maximum atomic E-state index is 12.5. The highest BCUT2D eigenvalue weighted by Crippen LogP contribution is 2.49. The highest BCUT2D eigenvalue weighted by Gasteiger charge is 2.47. The summed E-state index contributed by atoms with van der Waals surface area (Å²) in [6, 6.07) is 6.17. The fraction of sp³-hybridized carbons (Fsp3) is 0.400. The van der Waals surface area contributed by atoms with Gasteiger partial charge in [0.25, 0.3) is 11.9 Å². The van der Waals surface area contributed by atoms with E-state index in [0.29, 0.717) is 12.3 Å². The van der Waals surface area contributed by atoms with E-state index in [0.717, 1.165) is 24.1 Å². The van der Waals surface area contributed by atoms with E-state index in [-0.39, 0.29) is 23.0 Å². The van der Waals surface area contributed by atoms with Crippen LogP contribution in [0.5, 0.6) is 0 Å². The summed E-state index contributed by atoms with van der Waals surface area (Å²) >= 11 is 0. The maximum absolute atomic E-state index is 12.5. The van der Waals surface area contributed by atoms with E-state index in [1.807, 2.05) is 19.1 Å². The lowest BCUT2D eigenvalue weighted by Gasteiger charge is -2.41. The highest BCUT2D eigenvalue weighted by molar-refractivity contribution is 6.02. The number of aromatic nitrogens is 2. The van der Waals surface area contributed by atoms with Crippen molar-refractivity contribution in [2.75, 3.05) is 11.9 Å². The molecule has 7 nitrogen and oxygen atoms in total. The Kier molecular flexibility index (Phi) is 3.91. The first-order valence-electron chi connectivity index (χ1n) is 8.98. The van der Waals surface area contributed by atoms with Crippen molar-refractivity contribution in [1.82, 2.24) is 9.97 Å². The normalized spacial score (nSPS) is 22.7. The molecule has 1 aliphatic heterocycles. The third-order valence-corrected chi connectivity index (χ3v) is 5.11. The number of hydrogen-bond acceptors (Lipinski definition) is 6. The fourth-order valence-corrected chi connectivity index (χ4v) is 4.11. The van der Waals surface area contributed by atoms with Gasteiger partial charge < -0.3 is 15.8 Å². The molecule has 7 heteroatoms. The Bertz CT molecular complexity index is 936. The Balaban J connectivity index is 1.67. The molecule has 0 fully saturated rings. The number of fused-ring (bicyclic) bond motifs is 2. The number of aryl methyl sites for hydroxylation is 1. The van der Waals surface area contributed by atoms with Crippen molar-refractivity contribution < 1.29 is 9.53 Å². The van der Waals surface area contributed by atoms with Crippen molar-refractivity contribution in [3.05, 3.63) is 53.1 Å². The smallest absolute Gasteiger partial charge is 0.283 e. The summed E-state index contributed by atoms with van der Waals surface area (Å²) in [4.78, 5) is 25.4. The van der Waals surface area contributed by atoms with Gasteiger partial charge in [-0.25, -0.2) is 9.98 Å². The lowest BCUT2D eigenvalue weighted by Crippen LogP contribution is -2.39. The summed E-state index contributed by atoms with van der Waals surface area (Å²) < 4.78 is 5.52. The molecule has 27 heavy (non-hydrogen) atoms. The second-order valence-corrected chi connectivity index (χ2v) is 8.16. The Morgan fingerprint density at radius 3 is 2.74 bits per heavy atom. The molecule has 0 saturated heterocycles. The first-order chi connectivity index (χ1) is 12.8. The molecule has 0 bridgehead atoms. The molecule has 1 aromatic carbocycles. The predicted octanol–water partition coefficient (Wildman–Crippen LogP) is 2.55. The van der Waals surface area contributed by atoms with E-state index < -0.39 is 5.54 Å². The Hall–Kier alpha value is -2.96. The number of carbonyl (C=O) groups excluding carboxylic acids is 1. The predicted molar refractivity (Wildman–Crippen MR) is 103 cm³/mol.